The maximum atomic E-state index is 5.92. The first kappa shape index (κ1) is 15.2. The van der Waals surface area contributed by atoms with Gasteiger partial charge in [0, 0.05) is 22.4 Å². The number of thioether (sulfide) groups is 1. The fourth-order valence-electron chi connectivity index (χ4n) is 2.97. The van der Waals surface area contributed by atoms with Crippen LogP contribution >= 0.6 is 23.4 Å². The van der Waals surface area contributed by atoms with Crippen molar-refractivity contribution in [2.24, 2.45) is 0 Å². The zero-order valence-electron chi connectivity index (χ0n) is 11.9. The van der Waals surface area contributed by atoms with Crippen LogP contribution in [-0.4, -0.2) is 23.6 Å². The van der Waals surface area contributed by atoms with E-state index in [0.717, 1.165) is 16.7 Å². The van der Waals surface area contributed by atoms with Gasteiger partial charge in [0.05, 0.1) is 0 Å². The van der Waals surface area contributed by atoms with E-state index in [4.69, 9.17) is 11.6 Å². The zero-order valence-corrected chi connectivity index (χ0v) is 13.4. The lowest BCUT2D eigenvalue weighted by atomic mass is 9.93. The van der Waals surface area contributed by atoms with Crippen LogP contribution < -0.4 is 5.32 Å². The molecule has 1 aliphatic rings. The highest BCUT2D eigenvalue weighted by molar-refractivity contribution is 7.99. The molecule has 0 heterocycles. The van der Waals surface area contributed by atoms with Crippen molar-refractivity contribution >= 4 is 23.4 Å². The fraction of sp³-hybridized carbons (Fsp3) is 0.625. The molecule has 3 heteroatoms. The third-order valence-electron chi connectivity index (χ3n) is 3.96. The van der Waals surface area contributed by atoms with Crippen LogP contribution in [-0.2, 0) is 6.42 Å². The van der Waals surface area contributed by atoms with Crippen molar-refractivity contribution in [2.75, 3.05) is 6.26 Å². The van der Waals surface area contributed by atoms with Crippen LogP contribution in [0.3, 0.4) is 0 Å². The van der Waals surface area contributed by atoms with E-state index in [9.17, 15) is 0 Å². The first-order valence-corrected chi connectivity index (χ1v) is 8.89. The maximum Gasteiger partial charge on any atom is 0.0406 e. The fourth-order valence-corrected chi connectivity index (χ4v) is 4.04. The van der Waals surface area contributed by atoms with Crippen molar-refractivity contribution in [3.8, 4) is 0 Å². The molecule has 0 saturated heterocycles. The Kier molecular flexibility index (Phi) is 6.06. The van der Waals surface area contributed by atoms with E-state index in [0.29, 0.717) is 12.1 Å². The molecule has 0 aliphatic heterocycles. The molecule has 1 fully saturated rings. The first-order valence-electron chi connectivity index (χ1n) is 7.22. The van der Waals surface area contributed by atoms with Gasteiger partial charge >= 0.3 is 0 Å². The zero-order chi connectivity index (χ0) is 13.7. The van der Waals surface area contributed by atoms with Crippen LogP contribution in [0.15, 0.2) is 24.3 Å². The highest BCUT2D eigenvalue weighted by Crippen LogP contribution is 2.27. The van der Waals surface area contributed by atoms with E-state index >= 15 is 0 Å². The molecule has 3 unspecified atom stereocenters. The Hall–Kier alpha value is -0.180. The monoisotopic (exact) mass is 297 g/mol. The third kappa shape index (κ3) is 4.70. The standard InChI is InChI=1S/C16H24ClNS/c1-12(11-13-7-9-14(17)10-8-13)18-15-5-3-4-6-16(15)19-2/h7-10,12,15-16,18H,3-6,11H2,1-2H3. The average Bonchev–Trinajstić information content (AvgIpc) is 2.42. The van der Waals surface area contributed by atoms with Crippen LogP contribution in [0.25, 0.3) is 0 Å². The van der Waals surface area contributed by atoms with Crippen LogP contribution in [0.2, 0.25) is 5.02 Å². The second-order valence-electron chi connectivity index (χ2n) is 5.56. The minimum Gasteiger partial charge on any atom is -0.310 e. The first-order chi connectivity index (χ1) is 9.19. The predicted molar refractivity (Wildman–Crippen MR) is 87.3 cm³/mol. The summed E-state index contributed by atoms with van der Waals surface area (Å²) in [4.78, 5) is 0. The van der Waals surface area contributed by atoms with Gasteiger partial charge in [0.15, 0.2) is 0 Å². The number of halogens is 1. The molecule has 106 valence electrons. The Morgan fingerprint density at radius 2 is 1.95 bits per heavy atom. The summed E-state index contributed by atoms with van der Waals surface area (Å²) in [5, 5.41) is 5.44. The Morgan fingerprint density at radius 1 is 1.26 bits per heavy atom. The molecule has 1 aromatic carbocycles. The molecule has 0 radical (unpaired) electrons. The minimum absolute atomic E-state index is 0.527. The highest BCUT2D eigenvalue weighted by atomic mass is 35.5. The summed E-state index contributed by atoms with van der Waals surface area (Å²) in [6, 6.07) is 9.44. The van der Waals surface area contributed by atoms with Gasteiger partial charge in [-0.05, 0) is 50.1 Å². The Morgan fingerprint density at radius 3 is 2.63 bits per heavy atom. The molecule has 0 bridgehead atoms. The van der Waals surface area contributed by atoms with Gasteiger partial charge in [-0.25, -0.2) is 0 Å². The van der Waals surface area contributed by atoms with Gasteiger partial charge in [0.2, 0.25) is 0 Å². The lowest BCUT2D eigenvalue weighted by Crippen LogP contribution is -2.45. The smallest absolute Gasteiger partial charge is 0.0406 e. The number of benzene rings is 1. The van der Waals surface area contributed by atoms with Gasteiger partial charge in [0.25, 0.3) is 0 Å². The maximum absolute atomic E-state index is 5.92. The van der Waals surface area contributed by atoms with Gasteiger partial charge in [-0.2, -0.15) is 11.8 Å². The third-order valence-corrected chi connectivity index (χ3v) is 5.38. The van der Waals surface area contributed by atoms with E-state index in [2.05, 4.69) is 30.6 Å². The van der Waals surface area contributed by atoms with Gasteiger partial charge in [-0.1, -0.05) is 36.6 Å². The van der Waals surface area contributed by atoms with Gasteiger partial charge in [-0.3, -0.25) is 0 Å². The molecule has 1 saturated carbocycles. The molecule has 1 nitrogen and oxygen atoms in total. The van der Waals surface area contributed by atoms with Crippen molar-refractivity contribution < 1.29 is 0 Å². The van der Waals surface area contributed by atoms with Gasteiger partial charge in [-0.15, -0.1) is 0 Å². The van der Waals surface area contributed by atoms with Crippen molar-refractivity contribution in [3.63, 3.8) is 0 Å². The summed E-state index contributed by atoms with van der Waals surface area (Å²) in [6.07, 6.45) is 8.80. The largest absolute Gasteiger partial charge is 0.310 e. The van der Waals surface area contributed by atoms with Gasteiger partial charge < -0.3 is 5.32 Å². The minimum atomic E-state index is 0.527. The van der Waals surface area contributed by atoms with Gasteiger partial charge in [0.1, 0.15) is 0 Å². The van der Waals surface area contributed by atoms with Crippen molar-refractivity contribution in [1.29, 1.82) is 0 Å². The van der Waals surface area contributed by atoms with Crippen molar-refractivity contribution in [3.05, 3.63) is 34.9 Å². The number of rotatable bonds is 5. The molecule has 2 rings (SSSR count). The number of hydrogen-bond acceptors (Lipinski definition) is 2. The van der Waals surface area contributed by atoms with Crippen LogP contribution in [0.4, 0.5) is 0 Å². The second-order valence-corrected chi connectivity index (χ2v) is 7.08. The lowest BCUT2D eigenvalue weighted by molar-refractivity contribution is 0.352. The summed E-state index contributed by atoms with van der Waals surface area (Å²) in [7, 11) is 0. The van der Waals surface area contributed by atoms with E-state index in [-0.39, 0.29) is 0 Å². The molecular formula is C16H24ClNS. The Labute approximate surface area is 126 Å². The number of nitrogens with one attached hydrogen (secondary N) is 1. The highest BCUT2D eigenvalue weighted by Gasteiger charge is 2.25. The summed E-state index contributed by atoms with van der Waals surface area (Å²) in [5.74, 6) is 0. The molecule has 0 amide bonds. The summed E-state index contributed by atoms with van der Waals surface area (Å²) in [5.41, 5.74) is 1.36. The number of hydrogen-bond donors (Lipinski definition) is 1. The van der Waals surface area contributed by atoms with E-state index in [1.807, 2.05) is 23.9 Å². The molecule has 1 aromatic rings. The molecule has 0 aromatic heterocycles. The summed E-state index contributed by atoms with van der Waals surface area (Å²) in [6.45, 7) is 2.29. The normalized spacial score (nSPS) is 25.2. The van der Waals surface area contributed by atoms with Crippen LogP contribution in [0.1, 0.15) is 38.2 Å². The molecular weight excluding hydrogens is 274 g/mol. The molecule has 0 spiro atoms. The van der Waals surface area contributed by atoms with E-state index in [1.54, 1.807) is 0 Å². The van der Waals surface area contributed by atoms with Crippen molar-refractivity contribution in [2.45, 2.75) is 56.4 Å². The molecule has 1 aliphatic carbocycles. The topological polar surface area (TPSA) is 12.0 Å². The second kappa shape index (κ2) is 7.56. The summed E-state index contributed by atoms with van der Waals surface area (Å²) >= 11 is 7.95. The average molecular weight is 298 g/mol. The van der Waals surface area contributed by atoms with Crippen LogP contribution in [0, 0.1) is 0 Å². The molecule has 3 atom stereocenters. The van der Waals surface area contributed by atoms with E-state index < -0.39 is 0 Å². The van der Waals surface area contributed by atoms with Crippen LogP contribution in [0.5, 0.6) is 0 Å². The summed E-state index contributed by atoms with van der Waals surface area (Å²) < 4.78 is 0. The predicted octanol–water partition coefficient (Wildman–Crippen LogP) is 4.53. The van der Waals surface area contributed by atoms with Crippen molar-refractivity contribution in [1.82, 2.24) is 5.32 Å². The Bertz CT molecular complexity index is 379. The SMILES string of the molecule is CSC1CCCCC1NC(C)Cc1ccc(Cl)cc1. The van der Waals surface area contributed by atoms with E-state index in [1.165, 1.54) is 31.2 Å². The quantitative estimate of drug-likeness (QED) is 0.856. The molecule has 1 N–H and O–H groups in total. The Balaban J connectivity index is 1.86. The molecule has 19 heavy (non-hydrogen) atoms. The lowest BCUT2D eigenvalue weighted by Gasteiger charge is -2.33.